The van der Waals surface area contributed by atoms with Gasteiger partial charge in [-0.25, -0.2) is 14.8 Å². The minimum absolute atomic E-state index is 0.110. The van der Waals surface area contributed by atoms with Crippen LogP contribution in [0.15, 0.2) is 30.6 Å². The lowest BCUT2D eigenvalue weighted by atomic mass is 10.0. The van der Waals surface area contributed by atoms with Gasteiger partial charge in [-0.05, 0) is 18.2 Å². The van der Waals surface area contributed by atoms with Crippen molar-refractivity contribution in [1.29, 1.82) is 0 Å². The van der Waals surface area contributed by atoms with Gasteiger partial charge in [0.15, 0.2) is 5.69 Å². The summed E-state index contributed by atoms with van der Waals surface area (Å²) in [7, 11) is 4.13. The number of nitrogens with zero attached hydrogens (tertiary/aromatic N) is 2. The van der Waals surface area contributed by atoms with Crippen molar-refractivity contribution < 1.29 is 23.8 Å². The van der Waals surface area contributed by atoms with Crippen molar-refractivity contribution in [2.24, 2.45) is 0 Å². The molecule has 0 fully saturated rings. The Balaban J connectivity index is 2.55. The summed E-state index contributed by atoms with van der Waals surface area (Å²) >= 11 is 0. The van der Waals surface area contributed by atoms with E-state index in [4.69, 9.17) is 9.47 Å². The van der Waals surface area contributed by atoms with Gasteiger partial charge < -0.3 is 14.2 Å². The van der Waals surface area contributed by atoms with E-state index in [-0.39, 0.29) is 17.0 Å². The average molecular weight is 302 g/mol. The first kappa shape index (κ1) is 15.4. The molecule has 2 rings (SSSR count). The first-order valence-electron chi connectivity index (χ1n) is 6.28. The molecule has 0 atom stereocenters. The standard InChI is InChI=1S/C15H14N2O5/c1-20-9-4-5-11(21-2)10(8-9)14(18)12-13(15(19)22-3)17-7-6-16-12/h4-8H,1-3H3. The molecule has 0 spiro atoms. The second-order valence-corrected chi connectivity index (χ2v) is 4.14. The summed E-state index contributed by atoms with van der Waals surface area (Å²) in [6.45, 7) is 0. The zero-order chi connectivity index (χ0) is 16.1. The lowest BCUT2D eigenvalue weighted by molar-refractivity contribution is 0.0589. The number of hydrogen-bond acceptors (Lipinski definition) is 7. The maximum Gasteiger partial charge on any atom is 0.359 e. The topological polar surface area (TPSA) is 87.6 Å². The van der Waals surface area contributed by atoms with Gasteiger partial charge in [0.25, 0.3) is 0 Å². The lowest BCUT2D eigenvalue weighted by Crippen LogP contribution is -2.16. The molecule has 114 valence electrons. The first-order chi connectivity index (χ1) is 10.6. The third-order valence-electron chi connectivity index (χ3n) is 2.94. The Morgan fingerprint density at radius 1 is 0.955 bits per heavy atom. The third-order valence-corrected chi connectivity index (χ3v) is 2.94. The molecular formula is C15H14N2O5. The molecule has 7 nitrogen and oxygen atoms in total. The average Bonchev–Trinajstić information content (AvgIpc) is 2.59. The van der Waals surface area contributed by atoms with Crippen LogP contribution in [0.25, 0.3) is 0 Å². The maximum atomic E-state index is 12.7. The Hall–Kier alpha value is -2.96. The molecule has 0 saturated carbocycles. The van der Waals surface area contributed by atoms with Crippen LogP contribution in [-0.4, -0.2) is 43.0 Å². The van der Waals surface area contributed by atoms with Crippen LogP contribution in [0.3, 0.4) is 0 Å². The number of rotatable bonds is 5. The van der Waals surface area contributed by atoms with Crippen molar-refractivity contribution in [3.8, 4) is 11.5 Å². The van der Waals surface area contributed by atoms with Crippen LogP contribution in [0.4, 0.5) is 0 Å². The van der Waals surface area contributed by atoms with Gasteiger partial charge in [-0.3, -0.25) is 4.79 Å². The maximum absolute atomic E-state index is 12.7. The third kappa shape index (κ3) is 2.88. The Morgan fingerprint density at radius 2 is 1.64 bits per heavy atom. The van der Waals surface area contributed by atoms with Gasteiger partial charge in [-0.2, -0.15) is 0 Å². The van der Waals surface area contributed by atoms with Crippen LogP contribution < -0.4 is 9.47 Å². The molecule has 0 unspecified atom stereocenters. The molecule has 1 heterocycles. The normalized spacial score (nSPS) is 9.95. The summed E-state index contributed by atoms with van der Waals surface area (Å²) in [6.07, 6.45) is 2.64. The minimum Gasteiger partial charge on any atom is -0.497 e. The monoisotopic (exact) mass is 302 g/mol. The zero-order valence-electron chi connectivity index (χ0n) is 12.3. The largest absolute Gasteiger partial charge is 0.497 e. The highest BCUT2D eigenvalue weighted by molar-refractivity contribution is 6.14. The highest BCUT2D eigenvalue weighted by Crippen LogP contribution is 2.26. The summed E-state index contributed by atoms with van der Waals surface area (Å²) in [6, 6.07) is 4.77. The molecule has 22 heavy (non-hydrogen) atoms. The van der Waals surface area contributed by atoms with Crippen LogP contribution in [-0.2, 0) is 4.74 Å². The highest BCUT2D eigenvalue weighted by atomic mass is 16.5. The fourth-order valence-electron chi connectivity index (χ4n) is 1.87. The second-order valence-electron chi connectivity index (χ2n) is 4.14. The minimum atomic E-state index is -0.738. The number of carbonyl (C=O) groups excluding carboxylic acids is 2. The molecule has 0 aliphatic carbocycles. The fourth-order valence-corrected chi connectivity index (χ4v) is 1.87. The van der Waals surface area contributed by atoms with Crippen LogP contribution in [0, 0.1) is 0 Å². The Morgan fingerprint density at radius 3 is 2.23 bits per heavy atom. The van der Waals surface area contributed by atoms with Crippen molar-refractivity contribution in [2.75, 3.05) is 21.3 Å². The smallest absolute Gasteiger partial charge is 0.359 e. The van der Waals surface area contributed by atoms with Gasteiger partial charge in [-0.1, -0.05) is 0 Å². The van der Waals surface area contributed by atoms with Crippen LogP contribution in [0.1, 0.15) is 26.5 Å². The van der Waals surface area contributed by atoms with E-state index in [2.05, 4.69) is 14.7 Å². The molecule has 0 aliphatic rings. The first-order valence-corrected chi connectivity index (χ1v) is 6.28. The number of carbonyl (C=O) groups is 2. The van der Waals surface area contributed by atoms with Gasteiger partial charge in [-0.15, -0.1) is 0 Å². The molecule has 1 aromatic heterocycles. The van der Waals surface area contributed by atoms with E-state index in [9.17, 15) is 9.59 Å². The summed E-state index contributed by atoms with van der Waals surface area (Å²) in [5.41, 5.74) is -0.0479. The van der Waals surface area contributed by atoms with E-state index in [0.29, 0.717) is 11.5 Å². The summed E-state index contributed by atoms with van der Waals surface area (Å²) < 4.78 is 14.9. The number of methoxy groups -OCH3 is 3. The van der Waals surface area contributed by atoms with Crippen LogP contribution in [0.2, 0.25) is 0 Å². The molecular weight excluding hydrogens is 288 g/mol. The second kappa shape index (κ2) is 6.66. The van der Waals surface area contributed by atoms with E-state index >= 15 is 0 Å². The van der Waals surface area contributed by atoms with Crippen LogP contribution in [0.5, 0.6) is 11.5 Å². The van der Waals surface area contributed by atoms with Gasteiger partial charge >= 0.3 is 5.97 Å². The van der Waals surface area contributed by atoms with Gasteiger partial charge in [0.05, 0.1) is 26.9 Å². The predicted octanol–water partition coefficient (Wildman–Crippen LogP) is 1.51. The van der Waals surface area contributed by atoms with Crippen molar-refractivity contribution in [3.05, 3.63) is 47.5 Å². The van der Waals surface area contributed by atoms with Gasteiger partial charge in [0.2, 0.25) is 5.78 Å². The number of hydrogen-bond donors (Lipinski definition) is 0. The zero-order valence-corrected chi connectivity index (χ0v) is 12.3. The fraction of sp³-hybridized carbons (Fsp3) is 0.200. The van der Waals surface area contributed by atoms with E-state index in [1.165, 1.54) is 39.8 Å². The van der Waals surface area contributed by atoms with E-state index in [0.717, 1.165) is 0 Å². The molecule has 0 aliphatic heterocycles. The predicted molar refractivity (Wildman–Crippen MR) is 76.4 cm³/mol. The summed E-state index contributed by atoms with van der Waals surface area (Å²) in [4.78, 5) is 32.2. The van der Waals surface area contributed by atoms with Crippen molar-refractivity contribution in [3.63, 3.8) is 0 Å². The molecule has 0 saturated heterocycles. The number of aromatic nitrogens is 2. The van der Waals surface area contributed by atoms with Crippen molar-refractivity contribution in [2.45, 2.75) is 0 Å². The van der Waals surface area contributed by atoms with Gasteiger partial charge in [0.1, 0.15) is 17.2 Å². The number of esters is 1. The Labute approximate surface area is 126 Å². The Kier molecular flexibility index (Phi) is 4.67. The van der Waals surface area contributed by atoms with Crippen molar-refractivity contribution in [1.82, 2.24) is 9.97 Å². The summed E-state index contributed by atoms with van der Waals surface area (Å²) in [5, 5.41) is 0. The quantitative estimate of drug-likeness (QED) is 0.611. The molecule has 0 bridgehead atoms. The molecule has 2 aromatic rings. The van der Waals surface area contributed by atoms with E-state index < -0.39 is 11.8 Å². The van der Waals surface area contributed by atoms with E-state index in [1.807, 2.05) is 0 Å². The summed E-state index contributed by atoms with van der Waals surface area (Å²) in [5.74, 6) is -0.428. The highest BCUT2D eigenvalue weighted by Gasteiger charge is 2.24. The SMILES string of the molecule is COC(=O)c1nccnc1C(=O)c1cc(OC)ccc1OC. The van der Waals surface area contributed by atoms with E-state index in [1.54, 1.807) is 12.1 Å². The van der Waals surface area contributed by atoms with Crippen molar-refractivity contribution >= 4 is 11.8 Å². The number of ketones is 1. The molecule has 7 heteroatoms. The van der Waals surface area contributed by atoms with Crippen LogP contribution >= 0.6 is 0 Å². The molecule has 0 N–H and O–H groups in total. The molecule has 1 aromatic carbocycles. The molecule has 0 radical (unpaired) electrons. The number of benzene rings is 1. The van der Waals surface area contributed by atoms with Gasteiger partial charge in [0, 0.05) is 12.4 Å². The molecule has 0 amide bonds. The lowest BCUT2D eigenvalue weighted by Gasteiger charge is -2.10. The number of ether oxygens (including phenoxy) is 3. The Bertz CT molecular complexity index is 715.